The Kier molecular flexibility index (Phi) is 9.59. The van der Waals surface area contributed by atoms with Gasteiger partial charge in [0.2, 0.25) is 11.8 Å². The Labute approximate surface area is 235 Å². The number of halogens is 4. The van der Waals surface area contributed by atoms with Crippen LogP contribution in [0.15, 0.2) is 65.4 Å². The van der Waals surface area contributed by atoms with E-state index in [0.717, 1.165) is 43.5 Å². The summed E-state index contributed by atoms with van der Waals surface area (Å²) in [5, 5.41) is 4.26. The number of oxazole rings is 1. The minimum absolute atomic E-state index is 0.00598. The third-order valence-corrected chi connectivity index (χ3v) is 6.35. The number of alkyl halides is 3. The molecular weight excluding hydrogens is 540 g/mol. The van der Waals surface area contributed by atoms with E-state index in [4.69, 9.17) is 9.15 Å². The van der Waals surface area contributed by atoms with Crippen LogP contribution >= 0.6 is 0 Å². The number of unbranched alkanes of at least 4 members (excludes halogenated alkanes) is 1. The zero-order valence-electron chi connectivity index (χ0n) is 22.7. The number of amides is 1. The zero-order valence-corrected chi connectivity index (χ0v) is 22.7. The molecule has 0 bridgehead atoms. The second-order valence-corrected chi connectivity index (χ2v) is 9.65. The van der Waals surface area contributed by atoms with Gasteiger partial charge in [-0.25, -0.2) is 9.37 Å². The number of hydrogen-bond acceptors (Lipinski definition) is 5. The van der Waals surface area contributed by atoms with E-state index in [1.165, 1.54) is 24.0 Å². The molecule has 0 unspecified atom stereocenters. The van der Waals surface area contributed by atoms with E-state index in [1.807, 2.05) is 30.3 Å². The molecule has 0 saturated carbocycles. The maximum absolute atomic E-state index is 14.0. The summed E-state index contributed by atoms with van der Waals surface area (Å²) in [5.41, 5.74) is 1.66. The molecule has 1 amide bonds. The van der Waals surface area contributed by atoms with Crippen molar-refractivity contribution in [3.05, 3.63) is 101 Å². The monoisotopic (exact) mass is 570 g/mol. The molecule has 2 heterocycles. The highest BCUT2D eigenvalue weighted by molar-refractivity contribution is 5.75. The van der Waals surface area contributed by atoms with E-state index in [2.05, 4.69) is 10.1 Å². The Morgan fingerprint density at radius 1 is 1.05 bits per heavy atom. The molecule has 0 saturated heterocycles. The fourth-order valence-corrected chi connectivity index (χ4v) is 3.99. The Bertz CT molecular complexity index is 1470. The van der Waals surface area contributed by atoms with Crippen LogP contribution in [0.1, 0.15) is 46.8 Å². The minimum atomic E-state index is -4.61. The van der Waals surface area contributed by atoms with E-state index < -0.39 is 17.6 Å². The lowest BCUT2D eigenvalue weighted by molar-refractivity contribution is -0.137. The van der Waals surface area contributed by atoms with Gasteiger partial charge in [0.25, 0.3) is 0 Å². The highest BCUT2D eigenvalue weighted by Crippen LogP contribution is 2.30. The fraction of sp³-hybridized carbons (Fsp3) is 0.300. The second-order valence-electron chi connectivity index (χ2n) is 9.65. The number of rotatable bonds is 12. The van der Waals surface area contributed by atoms with Gasteiger partial charge in [-0.1, -0.05) is 18.2 Å². The van der Waals surface area contributed by atoms with Crippen molar-refractivity contribution in [1.82, 2.24) is 19.7 Å². The standard InChI is InChI=1S/C30H30F4N4O3/c1-37(2)29(39)18-38-25(15-16-35-38)6-4-3-5-21-7-12-26(13-8-21)40-19-24-20-41-28(36-24)14-10-22-9-11-23(17-27(22)31)30(32,33)34/h7-17,20H,3-6,18-19H2,1-2H3/b14-10+. The summed E-state index contributed by atoms with van der Waals surface area (Å²) in [6, 6.07) is 12.0. The summed E-state index contributed by atoms with van der Waals surface area (Å²) in [5.74, 6) is -0.150. The largest absolute Gasteiger partial charge is 0.487 e. The van der Waals surface area contributed by atoms with E-state index in [0.29, 0.717) is 17.5 Å². The van der Waals surface area contributed by atoms with Crippen LogP contribution in [0.3, 0.4) is 0 Å². The van der Waals surface area contributed by atoms with Crippen molar-refractivity contribution >= 4 is 18.1 Å². The molecule has 216 valence electrons. The van der Waals surface area contributed by atoms with Crippen LogP contribution < -0.4 is 4.74 Å². The van der Waals surface area contributed by atoms with Crippen LogP contribution in [0.5, 0.6) is 5.75 Å². The molecule has 0 spiro atoms. The van der Waals surface area contributed by atoms with Crippen molar-refractivity contribution in [3.63, 3.8) is 0 Å². The second kappa shape index (κ2) is 13.3. The van der Waals surface area contributed by atoms with E-state index in [1.54, 1.807) is 29.9 Å². The van der Waals surface area contributed by atoms with Gasteiger partial charge in [-0.2, -0.15) is 18.3 Å². The molecule has 0 aliphatic heterocycles. The van der Waals surface area contributed by atoms with Gasteiger partial charge in [0.05, 0.1) is 5.56 Å². The van der Waals surface area contributed by atoms with Gasteiger partial charge in [0.15, 0.2) is 0 Å². The maximum atomic E-state index is 14.0. The molecule has 0 radical (unpaired) electrons. The molecular formula is C30H30F4N4O3. The van der Waals surface area contributed by atoms with Crippen LogP contribution in [0.25, 0.3) is 12.2 Å². The van der Waals surface area contributed by atoms with Gasteiger partial charge in [-0.15, -0.1) is 0 Å². The minimum Gasteiger partial charge on any atom is -0.487 e. The first-order chi connectivity index (χ1) is 19.6. The maximum Gasteiger partial charge on any atom is 0.416 e. The first-order valence-electron chi connectivity index (χ1n) is 13.0. The van der Waals surface area contributed by atoms with Gasteiger partial charge in [-0.3, -0.25) is 9.48 Å². The first-order valence-corrected chi connectivity index (χ1v) is 13.0. The number of aromatic nitrogens is 3. The Morgan fingerprint density at radius 3 is 2.51 bits per heavy atom. The summed E-state index contributed by atoms with van der Waals surface area (Å²) < 4.78 is 65.0. The molecule has 0 atom stereocenters. The smallest absolute Gasteiger partial charge is 0.416 e. The van der Waals surface area contributed by atoms with Gasteiger partial charge in [0.1, 0.15) is 36.7 Å². The van der Waals surface area contributed by atoms with Crippen LogP contribution in [-0.2, 0) is 37.0 Å². The average Bonchev–Trinajstić information content (AvgIpc) is 3.58. The van der Waals surface area contributed by atoms with Crippen molar-refractivity contribution in [2.45, 2.75) is 45.0 Å². The highest BCUT2D eigenvalue weighted by atomic mass is 19.4. The third-order valence-electron chi connectivity index (χ3n) is 6.35. The van der Waals surface area contributed by atoms with Crippen molar-refractivity contribution in [1.29, 1.82) is 0 Å². The number of benzene rings is 2. The summed E-state index contributed by atoms with van der Waals surface area (Å²) >= 11 is 0. The lowest BCUT2D eigenvalue weighted by Gasteiger charge is -2.12. The topological polar surface area (TPSA) is 73.4 Å². The van der Waals surface area contributed by atoms with Gasteiger partial charge in [0, 0.05) is 37.6 Å². The molecule has 0 aliphatic rings. The quantitative estimate of drug-likeness (QED) is 0.145. The van der Waals surface area contributed by atoms with E-state index in [9.17, 15) is 22.4 Å². The number of likely N-dealkylation sites (N-methyl/N-ethyl adjacent to an activating group) is 1. The molecule has 4 aromatic rings. The lowest BCUT2D eigenvalue weighted by atomic mass is 10.1. The van der Waals surface area contributed by atoms with Gasteiger partial charge >= 0.3 is 6.18 Å². The molecule has 2 aromatic carbocycles. The van der Waals surface area contributed by atoms with Crippen LogP contribution in [0.4, 0.5) is 17.6 Å². The Morgan fingerprint density at radius 2 is 1.80 bits per heavy atom. The number of carbonyl (C=O) groups is 1. The van der Waals surface area contributed by atoms with E-state index >= 15 is 0 Å². The number of ether oxygens (including phenoxy) is 1. The molecule has 2 aromatic heterocycles. The molecule has 0 N–H and O–H groups in total. The van der Waals surface area contributed by atoms with Crippen LogP contribution in [-0.4, -0.2) is 39.7 Å². The third kappa shape index (κ3) is 8.54. The molecule has 0 fully saturated rings. The molecule has 41 heavy (non-hydrogen) atoms. The van der Waals surface area contributed by atoms with Gasteiger partial charge < -0.3 is 14.1 Å². The first kappa shape index (κ1) is 29.6. The van der Waals surface area contributed by atoms with E-state index in [-0.39, 0.29) is 30.5 Å². The average molecular weight is 571 g/mol. The molecule has 0 aliphatic carbocycles. The summed E-state index contributed by atoms with van der Waals surface area (Å²) in [6.07, 6.45) is 4.89. The lowest BCUT2D eigenvalue weighted by Crippen LogP contribution is -2.27. The van der Waals surface area contributed by atoms with Crippen molar-refractivity contribution in [2.75, 3.05) is 14.1 Å². The Balaban J connectivity index is 1.20. The predicted octanol–water partition coefficient (Wildman–Crippen LogP) is 6.43. The Hall–Kier alpha value is -4.41. The van der Waals surface area contributed by atoms with Crippen LogP contribution in [0.2, 0.25) is 0 Å². The SMILES string of the molecule is CN(C)C(=O)Cn1nccc1CCCCc1ccc(OCc2coc(/C=C/c3ccc(C(F)(F)F)cc3F)n2)cc1. The fourth-order valence-electron chi connectivity index (χ4n) is 3.99. The van der Waals surface area contributed by atoms with Gasteiger partial charge in [-0.05, 0) is 67.7 Å². The van der Waals surface area contributed by atoms with Crippen molar-refractivity contribution in [2.24, 2.45) is 0 Å². The molecule has 7 nitrogen and oxygen atoms in total. The highest BCUT2D eigenvalue weighted by Gasteiger charge is 2.31. The number of carbonyl (C=O) groups excluding carboxylic acids is 1. The van der Waals surface area contributed by atoms with Crippen LogP contribution in [0, 0.1) is 5.82 Å². The summed E-state index contributed by atoms with van der Waals surface area (Å²) in [6.45, 7) is 0.390. The number of hydrogen-bond donors (Lipinski definition) is 0. The number of aryl methyl sites for hydroxylation is 2. The van der Waals surface area contributed by atoms with Crippen molar-refractivity contribution in [3.8, 4) is 5.75 Å². The summed E-state index contributed by atoms with van der Waals surface area (Å²) in [4.78, 5) is 17.7. The normalized spacial score (nSPS) is 11.8. The van der Waals surface area contributed by atoms with Crippen molar-refractivity contribution < 1.29 is 31.5 Å². The zero-order chi connectivity index (χ0) is 29.4. The number of nitrogens with zero attached hydrogens (tertiary/aromatic N) is 4. The predicted molar refractivity (Wildman–Crippen MR) is 145 cm³/mol. The molecule has 4 rings (SSSR count). The molecule has 11 heteroatoms. The summed E-state index contributed by atoms with van der Waals surface area (Å²) in [7, 11) is 3.46.